The summed E-state index contributed by atoms with van der Waals surface area (Å²) in [5, 5.41) is 17.5. The second-order valence-electron chi connectivity index (χ2n) is 8.13. The van der Waals surface area contributed by atoms with Gasteiger partial charge in [0.25, 0.3) is 0 Å². The Hall–Kier alpha value is -2.20. The maximum Gasteiger partial charge on any atom is 0.596 e. The van der Waals surface area contributed by atoms with Crippen molar-refractivity contribution in [2.45, 2.75) is 58.1 Å². The number of carbonyl (C=O) groups excluding carboxylic acids is 1. The third-order valence-electron chi connectivity index (χ3n) is 4.83. The fourth-order valence-corrected chi connectivity index (χ4v) is 3.46. The monoisotopic (exact) mass is 390 g/mol. The van der Waals surface area contributed by atoms with Crippen LogP contribution in [0.25, 0.3) is 0 Å². The molecule has 0 radical (unpaired) electrons. The van der Waals surface area contributed by atoms with E-state index >= 15 is 0 Å². The van der Waals surface area contributed by atoms with Gasteiger partial charge >= 0.3 is 6.09 Å². The first-order valence-corrected chi connectivity index (χ1v) is 9.69. The van der Waals surface area contributed by atoms with Crippen molar-refractivity contribution in [3.8, 4) is 6.07 Å². The Morgan fingerprint density at radius 3 is 2.74 bits per heavy atom. The van der Waals surface area contributed by atoms with E-state index in [4.69, 9.17) is 16.3 Å². The molecule has 1 aliphatic carbocycles. The van der Waals surface area contributed by atoms with Gasteiger partial charge in [-0.3, -0.25) is 0 Å². The first-order chi connectivity index (χ1) is 12.8. The number of anilines is 1. The molecule has 1 saturated carbocycles. The number of nitrogens with zero attached hydrogens (tertiary/aromatic N) is 5. The Balaban J connectivity index is 1.76. The number of hydrogen-bond donors (Lipinski definition) is 0. The number of halogens is 1. The minimum Gasteiger partial charge on any atom is -0.406 e. The molecule has 1 aromatic rings. The smallest absolute Gasteiger partial charge is 0.406 e. The lowest BCUT2D eigenvalue weighted by Gasteiger charge is -2.24. The fraction of sp³-hybridized carbons (Fsp3) is 0.632. The largest absolute Gasteiger partial charge is 0.596 e. The van der Waals surface area contributed by atoms with Gasteiger partial charge in [-0.15, -0.1) is 14.8 Å². The van der Waals surface area contributed by atoms with E-state index in [1.54, 1.807) is 4.58 Å². The molecule has 0 aromatic carbocycles. The van der Waals surface area contributed by atoms with E-state index in [-0.39, 0.29) is 23.2 Å². The van der Waals surface area contributed by atoms with E-state index in [1.165, 1.54) is 6.07 Å². The molecule has 2 aliphatic rings. The molecule has 2 heterocycles. The van der Waals surface area contributed by atoms with Gasteiger partial charge in [0.05, 0.1) is 11.5 Å². The molecule has 0 spiro atoms. The van der Waals surface area contributed by atoms with Gasteiger partial charge in [0.1, 0.15) is 11.7 Å². The number of rotatable bonds is 3. The van der Waals surface area contributed by atoms with Crippen molar-refractivity contribution in [1.29, 1.82) is 5.26 Å². The maximum absolute atomic E-state index is 12.6. The van der Waals surface area contributed by atoms with E-state index in [9.17, 15) is 10.1 Å². The van der Waals surface area contributed by atoms with Gasteiger partial charge in [-0.05, 0) is 39.7 Å². The Morgan fingerprint density at radius 2 is 2.15 bits per heavy atom. The number of carbonyl (C=O) groups is 1. The van der Waals surface area contributed by atoms with Gasteiger partial charge in [-0.25, -0.2) is 0 Å². The zero-order valence-corrected chi connectivity index (χ0v) is 16.7. The molecule has 2 fully saturated rings. The van der Waals surface area contributed by atoms with Gasteiger partial charge in [0, 0.05) is 25.9 Å². The molecule has 1 amide bonds. The molecule has 144 valence electrons. The Bertz CT molecular complexity index is 792. The van der Waals surface area contributed by atoms with Crippen molar-refractivity contribution in [2.24, 2.45) is 5.92 Å². The molecule has 0 bridgehead atoms. The summed E-state index contributed by atoms with van der Waals surface area (Å²) in [5.41, 5.74) is -0.103. The summed E-state index contributed by atoms with van der Waals surface area (Å²) >= 11 is 5.84. The lowest BCUT2D eigenvalue weighted by Crippen LogP contribution is -2.42. The van der Waals surface area contributed by atoms with Crippen LogP contribution in [-0.2, 0) is 4.74 Å². The van der Waals surface area contributed by atoms with E-state index in [1.807, 2.05) is 31.9 Å². The van der Waals surface area contributed by atoms with E-state index in [2.05, 4.69) is 16.3 Å². The molecule has 1 aliphatic heterocycles. The summed E-state index contributed by atoms with van der Waals surface area (Å²) in [4.78, 5) is 14.7. The quantitative estimate of drug-likeness (QED) is 0.581. The normalized spacial score (nSPS) is 20.9. The standard InChI is InChI=1S/C19H25ClN5O2/c1-19(2,3)27-18(26)25(15-5-4-6-15)12-13-7-8-24(11-13)17-14(10-21)9-16(20)22-23-17/h9,12-13,15H,4-8,11H2,1-3H3/q+1/b25-12+. The number of aromatic nitrogens is 2. The summed E-state index contributed by atoms with van der Waals surface area (Å²) in [6, 6.07) is 3.88. The highest BCUT2D eigenvalue weighted by Gasteiger charge is 2.39. The third-order valence-corrected chi connectivity index (χ3v) is 5.02. The van der Waals surface area contributed by atoms with Crippen LogP contribution in [0.5, 0.6) is 0 Å². The zero-order chi connectivity index (χ0) is 19.6. The summed E-state index contributed by atoms with van der Waals surface area (Å²) in [6.07, 6.45) is 5.75. The Kier molecular flexibility index (Phi) is 5.66. The van der Waals surface area contributed by atoms with Crippen molar-refractivity contribution in [2.75, 3.05) is 18.0 Å². The lowest BCUT2D eigenvalue weighted by molar-refractivity contribution is -0.503. The van der Waals surface area contributed by atoms with Crippen LogP contribution in [-0.4, -0.2) is 51.8 Å². The summed E-state index contributed by atoms with van der Waals surface area (Å²) in [6.45, 7) is 7.06. The minimum absolute atomic E-state index is 0.183. The van der Waals surface area contributed by atoms with Crippen LogP contribution in [0.1, 0.15) is 52.0 Å². The Morgan fingerprint density at radius 1 is 1.41 bits per heavy atom. The maximum atomic E-state index is 12.6. The molecule has 1 saturated heterocycles. The van der Waals surface area contributed by atoms with E-state index in [0.717, 1.165) is 32.2 Å². The van der Waals surface area contributed by atoms with E-state index < -0.39 is 5.60 Å². The molecule has 1 unspecified atom stereocenters. The van der Waals surface area contributed by atoms with Gasteiger partial charge in [-0.1, -0.05) is 11.6 Å². The summed E-state index contributed by atoms with van der Waals surface area (Å²) in [5.74, 6) is 0.729. The van der Waals surface area contributed by atoms with Crippen molar-refractivity contribution in [3.05, 3.63) is 16.8 Å². The Labute approximate surface area is 164 Å². The third kappa shape index (κ3) is 4.75. The van der Waals surface area contributed by atoms with Gasteiger partial charge in [0.15, 0.2) is 23.2 Å². The highest BCUT2D eigenvalue weighted by atomic mass is 35.5. The first kappa shape index (κ1) is 19.6. The van der Waals surface area contributed by atoms with Crippen LogP contribution in [0.2, 0.25) is 5.15 Å². The van der Waals surface area contributed by atoms with Gasteiger partial charge in [0.2, 0.25) is 0 Å². The zero-order valence-electron chi connectivity index (χ0n) is 16.0. The van der Waals surface area contributed by atoms with Crippen LogP contribution < -0.4 is 4.90 Å². The van der Waals surface area contributed by atoms with Crippen molar-refractivity contribution >= 4 is 29.7 Å². The average molecular weight is 391 g/mol. The van der Waals surface area contributed by atoms with Gasteiger partial charge in [-0.2, -0.15) is 10.1 Å². The van der Waals surface area contributed by atoms with E-state index in [0.29, 0.717) is 17.9 Å². The van der Waals surface area contributed by atoms with Crippen LogP contribution in [0.4, 0.5) is 10.6 Å². The van der Waals surface area contributed by atoms with Crippen LogP contribution >= 0.6 is 11.6 Å². The van der Waals surface area contributed by atoms with Crippen LogP contribution in [0.3, 0.4) is 0 Å². The van der Waals surface area contributed by atoms with Crippen molar-refractivity contribution in [3.63, 3.8) is 0 Å². The molecular formula is C19H25ClN5O2+. The van der Waals surface area contributed by atoms with Crippen molar-refractivity contribution in [1.82, 2.24) is 10.2 Å². The SMILES string of the molecule is CC(C)(C)OC(=O)/[N+](=C/C1CCN(c2nnc(Cl)cc2C#N)C1)C1CCC1. The lowest BCUT2D eigenvalue weighted by atomic mass is 9.92. The van der Waals surface area contributed by atoms with Crippen molar-refractivity contribution < 1.29 is 14.1 Å². The second kappa shape index (κ2) is 7.81. The molecule has 3 rings (SSSR count). The topological polar surface area (TPSA) is 82.1 Å². The highest BCUT2D eigenvalue weighted by Crippen LogP contribution is 2.27. The summed E-state index contributed by atoms with van der Waals surface area (Å²) < 4.78 is 7.37. The van der Waals surface area contributed by atoms with Gasteiger partial charge < -0.3 is 9.64 Å². The number of ether oxygens (including phenoxy) is 1. The first-order valence-electron chi connectivity index (χ1n) is 9.31. The molecule has 1 atom stereocenters. The average Bonchev–Trinajstić information content (AvgIpc) is 2.99. The number of hydrogen-bond acceptors (Lipinski definition) is 6. The predicted octanol–water partition coefficient (Wildman–Crippen LogP) is 3.40. The summed E-state index contributed by atoms with van der Waals surface area (Å²) in [7, 11) is 0. The molecule has 1 aromatic heterocycles. The molecule has 8 heteroatoms. The molecule has 7 nitrogen and oxygen atoms in total. The molecular weight excluding hydrogens is 366 g/mol. The molecule has 27 heavy (non-hydrogen) atoms. The number of amides is 1. The predicted molar refractivity (Wildman–Crippen MR) is 102 cm³/mol. The molecule has 0 N–H and O–H groups in total. The minimum atomic E-state index is -0.519. The van der Waals surface area contributed by atoms with Crippen LogP contribution in [0.15, 0.2) is 6.07 Å². The number of nitriles is 1. The van der Waals surface area contributed by atoms with Crippen LogP contribution in [0, 0.1) is 17.2 Å². The second-order valence-corrected chi connectivity index (χ2v) is 8.52. The fourth-order valence-electron chi connectivity index (χ4n) is 3.32. The highest BCUT2D eigenvalue weighted by molar-refractivity contribution is 6.29.